The molecule has 3 rings (SSSR count). The average molecular weight is 333 g/mol. The van der Waals surface area contributed by atoms with Gasteiger partial charge >= 0.3 is 6.18 Å². The Kier molecular flexibility index (Phi) is 4.05. The minimum atomic E-state index is -4.36. The van der Waals surface area contributed by atoms with E-state index in [2.05, 4.69) is 4.98 Å². The summed E-state index contributed by atoms with van der Waals surface area (Å²) in [6, 6.07) is 12.2. The van der Waals surface area contributed by atoms with E-state index in [1.807, 2.05) is 6.07 Å². The van der Waals surface area contributed by atoms with E-state index in [0.717, 1.165) is 17.7 Å². The molecule has 3 nitrogen and oxygen atoms in total. The lowest BCUT2D eigenvalue weighted by Gasteiger charge is -2.10. The van der Waals surface area contributed by atoms with E-state index in [0.29, 0.717) is 28.1 Å². The molecule has 0 saturated heterocycles. The smallest absolute Gasteiger partial charge is 0.416 e. The lowest BCUT2D eigenvalue weighted by atomic mass is 10.1. The lowest BCUT2D eigenvalue weighted by molar-refractivity contribution is -0.137. The zero-order valence-electron chi connectivity index (χ0n) is 13.0. The van der Waals surface area contributed by atoms with Gasteiger partial charge < -0.3 is 9.47 Å². The average Bonchev–Trinajstić information content (AvgIpc) is 2.59. The van der Waals surface area contributed by atoms with E-state index in [1.54, 1.807) is 31.4 Å². The fourth-order valence-corrected chi connectivity index (χ4v) is 2.46. The molecule has 0 saturated carbocycles. The molecular formula is C18H14F3NO2. The van der Waals surface area contributed by atoms with Gasteiger partial charge in [0.1, 0.15) is 0 Å². The van der Waals surface area contributed by atoms with Crippen LogP contribution >= 0.6 is 0 Å². The SMILES string of the molecule is COc1ccc(-c2ccc3cc(C(F)(F)F)ccc3n2)cc1OC. The molecule has 24 heavy (non-hydrogen) atoms. The quantitative estimate of drug-likeness (QED) is 0.680. The first-order valence-electron chi connectivity index (χ1n) is 7.13. The summed E-state index contributed by atoms with van der Waals surface area (Å²) >= 11 is 0. The predicted molar refractivity (Wildman–Crippen MR) is 85.3 cm³/mol. The number of hydrogen-bond donors (Lipinski definition) is 0. The van der Waals surface area contributed by atoms with E-state index >= 15 is 0 Å². The summed E-state index contributed by atoms with van der Waals surface area (Å²) in [5, 5.41) is 0.439. The van der Waals surface area contributed by atoms with Crippen molar-refractivity contribution < 1.29 is 22.6 Å². The van der Waals surface area contributed by atoms with Gasteiger partial charge in [-0.25, -0.2) is 4.98 Å². The molecule has 1 heterocycles. The molecule has 0 amide bonds. The summed E-state index contributed by atoms with van der Waals surface area (Å²) in [6.45, 7) is 0. The number of pyridine rings is 1. The van der Waals surface area contributed by atoms with Crippen molar-refractivity contribution >= 4 is 10.9 Å². The van der Waals surface area contributed by atoms with Crippen LogP contribution in [0.2, 0.25) is 0 Å². The molecule has 0 bridgehead atoms. The van der Waals surface area contributed by atoms with E-state index in [9.17, 15) is 13.2 Å². The zero-order valence-corrected chi connectivity index (χ0v) is 13.0. The Morgan fingerprint density at radius 1 is 0.833 bits per heavy atom. The van der Waals surface area contributed by atoms with Crippen molar-refractivity contribution in [2.24, 2.45) is 0 Å². The first-order valence-corrected chi connectivity index (χ1v) is 7.13. The summed E-state index contributed by atoms with van der Waals surface area (Å²) < 4.78 is 48.8. The van der Waals surface area contributed by atoms with Gasteiger partial charge in [-0.3, -0.25) is 0 Å². The lowest BCUT2D eigenvalue weighted by Crippen LogP contribution is -2.04. The van der Waals surface area contributed by atoms with Gasteiger partial charge in [0.2, 0.25) is 0 Å². The maximum atomic E-state index is 12.8. The minimum Gasteiger partial charge on any atom is -0.493 e. The molecule has 0 aliphatic carbocycles. The monoisotopic (exact) mass is 333 g/mol. The minimum absolute atomic E-state index is 0.439. The van der Waals surface area contributed by atoms with Crippen molar-refractivity contribution in [1.29, 1.82) is 0 Å². The van der Waals surface area contributed by atoms with Gasteiger partial charge in [-0.1, -0.05) is 6.07 Å². The summed E-state index contributed by atoms with van der Waals surface area (Å²) in [5.74, 6) is 1.15. The second-order valence-corrected chi connectivity index (χ2v) is 5.17. The maximum Gasteiger partial charge on any atom is 0.416 e. The van der Waals surface area contributed by atoms with Gasteiger partial charge in [0.15, 0.2) is 11.5 Å². The predicted octanol–water partition coefficient (Wildman–Crippen LogP) is 4.94. The van der Waals surface area contributed by atoms with Crippen LogP contribution in [0, 0.1) is 0 Å². The number of ether oxygens (including phenoxy) is 2. The number of alkyl halides is 3. The molecule has 0 spiro atoms. The molecule has 0 aliphatic heterocycles. The van der Waals surface area contributed by atoms with Crippen molar-refractivity contribution in [3.05, 3.63) is 54.1 Å². The number of aromatic nitrogens is 1. The Balaban J connectivity index is 2.05. The highest BCUT2D eigenvalue weighted by Crippen LogP contribution is 2.34. The molecule has 0 radical (unpaired) electrons. The second-order valence-electron chi connectivity index (χ2n) is 5.17. The van der Waals surface area contributed by atoms with Crippen molar-refractivity contribution in [1.82, 2.24) is 4.98 Å². The summed E-state index contributed by atoms with van der Waals surface area (Å²) in [6.07, 6.45) is -4.36. The molecule has 124 valence electrons. The third-order valence-corrected chi connectivity index (χ3v) is 3.70. The van der Waals surface area contributed by atoms with Gasteiger partial charge in [0.25, 0.3) is 0 Å². The number of nitrogens with zero attached hydrogens (tertiary/aromatic N) is 1. The van der Waals surface area contributed by atoms with Gasteiger partial charge in [-0.05, 0) is 42.5 Å². The van der Waals surface area contributed by atoms with E-state index in [-0.39, 0.29) is 0 Å². The molecule has 3 aromatic rings. The van der Waals surface area contributed by atoms with E-state index in [1.165, 1.54) is 13.2 Å². The number of rotatable bonds is 3. The number of hydrogen-bond acceptors (Lipinski definition) is 3. The fraction of sp³-hybridized carbons (Fsp3) is 0.167. The first kappa shape index (κ1) is 16.1. The number of methoxy groups -OCH3 is 2. The molecular weight excluding hydrogens is 319 g/mol. The number of benzene rings is 2. The first-order chi connectivity index (χ1) is 11.4. The van der Waals surface area contributed by atoms with Crippen LogP contribution < -0.4 is 9.47 Å². The Hall–Kier alpha value is -2.76. The molecule has 0 N–H and O–H groups in total. The van der Waals surface area contributed by atoms with E-state index < -0.39 is 11.7 Å². The van der Waals surface area contributed by atoms with Crippen LogP contribution in [0.4, 0.5) is 13.2 Å². The van der Waals surface area contributed by atoms with Crippen molar-refractivity contribution in [2.75, 3.05) is 14.2 Å². The van der Waals surface area contributed by atoms with Gasteiger partial charge in [0, 0.05) is 10.9 Å². The highest BCUT2D eigenvalue weighted by Gasteiger charge is 2.30. The van der Waals surface area contributed by atoms with Gasteiger partial charge in [-0.15, -0.1) is 0 Å². The number of fused-ring (bicyclic) bond motifs is 1. The Bertz CT molecular complexity index is 891. The fourth-order valence-electron chi connectivity index (χ4n) is 2.46. The third kappa shape index (κ3) is 2.99. The van der Waals surface area contributed by atoms with Crippen LogP contribution in [0.1, 0.15) is 5.56 Å². The van der Waals surface area contributed by atoms with Crippen LogP contribution in [0.5, 0.6) is 11.5 Å². The summed E-state index contributed by atoms with van der Waals surface area (Å²) in [4.78, 5) is 4.44. The third-order valence-electron chi connectivity index (χ3n) is 3.70. The normalized spacial score (nSPS) is 11.5. The number of halogens is 3. The van der Waals surface area contributed by atoms with Crippen molar-refractivity contribution in [3.63, 3.8) is 0 Å². The largest absolute Gasteiger partial charge is 0.493 e. The Labute approximate surface area is 136 Å². The maximum absolute atomic E-state index is 12.8. The van der Waals surface area contributed by atoms with Crippen LogP contribution in [0.3, 0.4) is 0 Å². The van der Waals surface area contributed by atoms with Crippen molar-refractivity contribution in [2.45, 2.75) is 6.18 Å². The summed E-state index contributed by atoms with van der Waals surface area (Å²) in [5.41, 5.74) is 1.24. The van der Waals surface area contributed by atoms with Gasteiger partial charge in [0.05, 0.1) is 31.0 Å². The molecule has 6 heteroatoms. The molecule has 1 aromatic heterocycles. The molecule has 0 fully saturated rings. The topological polar surface area (TPSA) is 31.4 Å². The Morgan fingerprint density at radius 2 is 1.58 bits per heavy atom. The molecule has 2 aromatic carbocycles. The summed E-state index contributed by atoms with van der Waals surface area (Å²) in [7, 11) is 3.08. The van der Waals surface area contributed by atoms with E-state index in [4.69, 9.17) is 9.47 Å². The Morgan fingerprint density at radius 3 is 2.25 bits per heavy atom. The van der Waals surface area contributed by atoms with Crippen LogP contribution in [0.25, 0.3) is 22.2 Å². The molecule has 0 atom stereocenters. The zero-order chi connectivity index (χ0) is 17.3. The van der Waals surface area contributed by atoms with Gasteiger partial charge in [-0.2, -0.15) is 13.2 Å². The second kappa shape index (κ2) is 6.03. The highest BCUT2D eigenvalue weighted by molar-refractivity contribution is 5.82. The van der Waals surface area contributed by atoms with Crippen LogP contribution in [-0.4, -0.2) is 19.2 Å². The van der Waals surface area contributed by atoms with Crippen molar-refractivity contribution in [3.8, 4) is 22.8 Å². The highest BCUT2D eigenvalue weighted by atomic mass is 19.4. The molecule has 0 unspecified atom stereocenters. The van der Waals surface area contributed by atoms with Crippen LogP contribution in [-0.2, 0) is 6.18 Å². The standard InChI is InChI=1S/C18H14F3NO2/c1-23-16-8-4-12(10-17(16)24-2)14-6-3-11-9-13(18(19,20)21)5-7-15(11)22-14/h3-10H,1-2H3. The molecule has 0 aliphatic rings. The van der Waals surface area contributed by atoms with Crippen LogP contribution in [0.15, 0.2) is 48.5 Å².